The summed E-state index contributed by atoms with van der Waals surface area (Å²) >= 11 is 0. The van der Waals surface area contributed by atoms with Gasteiger partial charge in [-0.2, -0.15) is 0 Å². The highest BCUT2D eigenvalue weighted by Crippen LogP contribution is 2.46. The van der Waals surface area contributed by atoms with E-state index in [9.17, 15) is 14.0 Å². The number of nitrogens with two attached hydrogens (primary N) is 1. The Bertz CT molecular complexity index is 1160. The lowest BCUT2D eigenvalue weighted by Crippen LogP contribution is -2.39. The summed E-state index contributed by atoms with van der Waals surface area (Å²) in [6, 6.07) is 1.54. The number of aliphatic carboxylic acids is 1. The third kappa shape index (κ3) is 3.82. The Morgan fingerprint density at radius 3 is 2.67 bits per heavy atom. The molecule has 1 aromatic carbocycles. The zero-order valence-corrected chi connectivity index (χ0v) is 19.6. The molecule has 7 heteroatoms. The maximum atomic E-state index is 14.6. The molecular formula is C26H32FN3O3. The first-order valence-electron chi connectivity index (χ1n) is 11.9. The molecule has 0 saturated carbocycles. The van der Waals surface area contributed by atoms with Gasteiger partial charge in [0.15, 0.2) is 0 Å². The van der Waals surface area contributed by atoms with E-state index >= 15 is 0 Å². The Morgan fingerprint density at radius 1 is 1.24 bits per heavy atom. The molecule has 176 valence electrons. The molecule has 1 amide bonds. The van der Waals surface area contributed by atoms with Crippen molar-refractivity contribution < 1.29 is 19.1 Å². The van der Waals surface area contributed by atoms with Crippen LogP contribution in [-0.2, 0) is 29.0 Å². The van der Waals surface area contributed by atoms with Crippen molar-refractivity contribution >= 4 is 28.5 Å². The summed E-state index contributed by atoms with van der Waals surface area (Å²) in [7, 11) is 1.50. The van der Waals surface area contributed by atoms with Crippen LogP contribution in [-0.4, -0.2) is 33.9 Å². The fourth-order valence-electron chi connectivity index (χ4n) is 5.78. The molecule has 33 heavy (non-hydrogen) atoms. The van der Waals surface area contributed by atoms with Crippen LogP contribution in [0.4, 0.5) is 4.39 Å². The van der Waals surface area contributed by atoms with E-state index in [1.807, 2.05) is 6.92 Å². The number of pyridine rings is 1. The Kier molecular flexibility index (Phi) is 6.52. The van der Waals surface area contributed by atoms with Crippen LogP contribution in [0, 0.1) is 24.6 Å². The van der Waals surface area contributed by atoms with Crippen LogP contribution in [0.25, 0.3) is 16.6 Å². The van der Waals surface area contributed by atoms with Crippen molar-refractivity contribution in [3.8, 4) is 0 Å². The molecule has 0 spiro atoms. The quantitative estimate of drug-likeness (QED) is 0.702. The molecule has 0 radical (unpaired) electrons. The molecule has 2 aromatic rings. The van der Waals surface area contributed by atoms with E-state index < -0.39 is 5.97 Å². The number of carboxylic acids is 1. The van der Waals surface area contributed by atoms with Crippen LogP contribution in [0.2, 0.25) is 0 Å². The number of hydrogen-bond acceptors (Lipinski definition) is 4. The third-order valence-corrected chi connectivity index (χ3v) is 7.28. The fraction of sp³-hybridized carbons (Fsp3) is 0.500. The van der Waals surface area contributed by atoms with E-state index in [0.29, 0.717) is 24.0 Å². The van der Waals surface area contributed by atoms with Crippen LogP contribution < -0.4 is 5.73 Å². The lowest BCUT2D eigenvalue weighted by molar-refractivity contribution is -0.139. The van der Waals surface area contributed by atoms with Crippen molar-refractivity contribution in [2.75, 3.05) is 7.05 Å². The lowest BCUT2D eigenvalue weighted by atomic mass is 9.81. The number of carbonyl (C=O) groups excluding carboxylic acids is 1. The summed E-state index contributed by atoms with van der Waals surface area (Å²) in [6.45, 7) is 4.40. The highest BCUT2D eigenvalue weighted by Gasteiger charge is 2.42. The summed E-state index contributed by atoms with van der Waals surface area (Å²) in [5.41, 5.74) is 10.9. The topological polar surface area (TPSA) is 96.5 Å². The van der Waals surface area contributed by atoms with Crippen LogP contribution in [0.15, 0.2) is 12.1 Å². The van der Waals surface area contributed by atoms with Gasteiger partial charge in [-0.05, 0) is 68.7 Å². The number of amides is 1. The van der Waals surface area contributed by atoms with Crippen molar-refractivity contribution in [1.82, 2.24) is 9.88 Å². The van der Waals surface area contributed by atoms with Gasteiger partial charge in [0.05, 0.1) is 23.5 Å². The smallest absolute Gasteiger partial charge is 0.303 e. The number of halogens is 1. The highest BCUT2D eigenvalue weighted by atomic mass is 19.1. The number of benzene rings is 1. The molecule has 2 unspecified atom stereocenters. The maximum absolute atomic E-state index is 14.6. The van der Waals surface area contributed by atoms with Crippen molar-refractivity contribution in [2.45, 2.75) is 65.3 Å². The van der Waals surface area contributed by atoms with Gasteiger partial charge in [-0.25, -0.2) is 9.37 Å². The van der Waals surface area contributed by atoms with E-state index in [4.69, 9.17) is 10.1 Å². The summed E-state index contributed by atoms with van der Waals surface area (Å²) in [4.78, 5) is 31.3. The Morgan fingerprint density at radius 2 is 1.97 bits per heavy atom. The van der Waals surface area contributed by atoms with Gasteiger partial charge in [-0.1, -0.05) is 19.4 Å². The SMILES string of the molecule is CCCC1C=C2c3nc4cc(F)c(C)c5c4c(c3CN2C(=O)C1CCC(=O)O)CCC5.CN. The van der Waals surface area contributed by atoms with Gasteiger partial charge in [-0.3, -0.25) is 9.59 Å². The van der Waals surface area contributed by atoms with Gasteiger partial charge in [0.25, 0.3) is 0 Å². The molecule has 6 nitrogen and oxygen atoms in total. The second-order valence-corrected chi connectivity index (χ2v) is 9.09. The predicted molar refractivity (Wildman–Crippen MR) is 126 cm³/mol. The minimum Gasteiger partial charge on any atom is -0.481 e. The second kappa shape index (κ2) is 9.21. The average molecular weight is 454 g/mol. The fourth-order valence-corrected chi connectivity index (χ4v) is 5.78. The zero-order chi connectivity index (χ0) is 23.9. The van der Waals surface area contributed by atoms with Gasteiger partial charge in [0.1, 0.15) is 5.82 Å². The molecule has 3 heterocycles. The first-order chi connectivity index (χ1) is 15.9. The monoisotopic (exact) mass is 453 g/mol. The summed E-state index contributed by atoms with van der Waals surface area (Å²) in [6.07, 6.45) is 6.97. The van der Waals surface area contributed by atoms with Gasteiger partial charge in [0.2, 0.25) is 5.91 Å². The Hall–Kier alpha value is -2.80. The van der Waals surface area contributed by atoms with Crippen molar-refractivity contribution in [2.24, 2.45) is 17.6 Å². The number of carbonyl (C=O) groups is 2. The number of rotatable bonds is 5. The highest BCUT2D eigenvalue weighted by molar-refractivity contribution is 5.97. The normalized spacial score (nSPS) is 20.7. The first kappa shape index (κ1) is 23.4. The minimum absolute atomic E-state index is 0.00409. The number of allylic oxidation sites excluding steroid dienone is 1. The van der Waals surface area contributed by atoms with Crippen molar-refractivity contribution in [3.05, 3.63) is 45.9 Å². The van der Waals surface area contributed by atoms with Crippen LogP contribution in [0.5, 0.6) is 0 Å². The number of hydrogen-bond donors (Lipinski definition) is 2. The van der Waals surface area contributed by atoms with Crippen LogP contribution >= 0.6 is 0 Å². The van der Waals surface area contributed by atoms with Gasteiger partial charge >= 0.3 is 5.97 Å². The largest absolute Gasteiger partial charge is 0.481 e. The second-order valence-electron chi connectivity index (χ2n) is 9.09. The number of carboxylic acid groups (broad SMARTS) is 1. The average Bonchev–Trinajstić information content (AvgIpc) is 3.17. The standard InChI is InChI=1S/C25H27FN2O3.CH5N/c1-3-5-14-10-21-24-18(12-28(21)25(31)16(14)8-9-22(29)30)17-7-4-6-15-13(2)19(26)11-20(27-24)23(15)17;1-2/h10-11,14,16H,3-9,12H2,1-2H3,(H,29,30);2H2,1H3. The molecule has 1 aromatic heterocycles. The molecular weight excluding hydrogens is 421 g/mol. The minimum atomic E-state index is -0.871. The Labute approximate surface area is 193 Å². The Balaban J connectivity index is 0.00000126. The molecule has 5 rings (SSSR count). The maximum Gasteiger partial charge on any atom is 0.303 e. The molecule has 3 aliphatic rings. The number of aryl methyl sites for hydroxylation is 2. The van der Waals surface area contributed by atoms with Crippen molar-refractivity contribution in [1.29, 1.82) is 0 Å². The van der Waals surface area contributed by atoms with Gasteiger partial charge in [-0.15, -0.1) is 0 Å². The van der Waals surface area contributed by atoms with Gasteiger partial charge < -0.3 is 15.7 Å². The van der Waals surface area contributed by atoms with Crippen LogP contribution in [0.1, 0.15) is 67.0 Å². The predicted octanol–water partition coefficient (Wildman–Crippen LogP) is 4.34. The van der Waals surface area contributed by atoms with E-state index in [0.717, 1.165) is 60.0 Å². The first-order valence-corrected chi connectivity index (χ1v) is 11.9. The van der Waals surface area contributed by atoms with Crippen molar-refractivity contribution in [3.63, 3.8) is 0 Å². The van der Waals surface area contributed by atoms with Gasteiger partial charge in [0, 0.05) is 29.4 Å². The molecule has 0 bridgehead atoms. The number of nitrogens with zero attached hydrogens (tertiary/aromatic N) is 2. The molecule has 0 saturated heterocycles. The number of aromatic nitrogens is 1. The zero-order valence-electron chi connectivity index (χ0n) is 19.6. The third-order valence-electron chi connectivity index (χ3n) is 7.28. The molecule has 2 atom stereocenters. The lowest BCUT2D eigenvalue weighted by Gasteiger charge is -2.34. The van der Waals surface area contributed by atoms with E-state index in [1.165, 1.54) is 18.7 Å². The molecule has 2 aliphatic heterocycles. The van der Waals surface area contributed by atoms with E-state index in [2.05, 4.69) is 18.7 Å². The summed E-state index contributed by atoms with van der Waals surface area (Å²) in [5.74, 6) is -1.39. The summed E-state index contributed by atoms with van der Waals surface area (Å²) < 4.78 is 14.6. The van der Waals surface area contributed by atoms with Crippen LogP contribution in [0.3, 0.4) is 0 Å². The molecule has 0 fully saturated rings. The summed E-state index contributed by atoms with van der Waals surface area (Å²) in [5, 5.41) is 10.2. The number of fused-ring (bicyclic) bond motifs is 4. The van der Waals surface area contributed by atoms with E-state index in [1.54, 1.807) is 4.90 Å². The molecule has 1 aliphatic carbocycles. The molecule has 3 N–H and O–H groups in total. The van der Waals surface area contributed by atoms with E-state index in [-0.39, 0.29) is 30.0 Å².